The lowest BCUT2D eigenvalue weighted by atomic mass is 10.3. The van der Waals surface area contributed by atoms with Crippen LogP contribution in [0.2, 0.25) is 0 Å². The summed E-state index contributed by atoms with van der Waals surface area (Å²) in [5.74, 6) is 0.646. The molecule has 1 N–H and O–H groups in total. The van der Waals surface area contributed by atoms with Crippen LogP contribution in [-0.2, 0) is 0 Å². The van der Waals surface area contributed by atoms with Crippen LogP contribution in [0.5, 0.6) is 0 Å². The van der Waals surface area contributed by atoms with Crippen LogP contribution in [0, 0.1) is 0 Å². The first-order valence-corrected chi connectivity index (χ1v) is 4.88. The van der Waals surface area contributed by atoms with E-state index in [2.05, 4.69) is 15.3 Å². The van der Waals surface area contributed by atoms with Crippen LogP contribution in [0.25, 0.3) is 11.0 Å². The van der Waals surface area contributed by atoms with Crippen molar-refractivity contribution in [2.24, 2.45) is 0 Å². The third-order valence-electron chi connectivity index (χ3n) is 2.66. The van der Waals surface area contributed by atoms with E-state index in [0.717, 1.165) is 6.54 Å². The first-order valence-electron chi connectivity index (χ1n) is 4.88. The summed E-state index contributed by atoms with van der Waals surface area (Å²) < 4.78 is 1.66. The molecule has 1 aliphatic heterocycles. The maximum Gasteiger partial charge on any atom is 0.281 e. The van der Waals surface area contributed by atoms with Crippen molar-refractivity contribution in [3.8, 4) is 0 Å². The van der Waals surface area contributed by atoms with Gasteiger partial charge in [-0.2, -0.15) is 0 Å². The number of hydrogen-bond donors (Lipinski definition) is 1. The van der Waals surface area contributed by atoms with Gasteiger partial charge in [0.2, 0.25) is 5.95 Å². The van der Waals surface area contributed by atoms with Crippen LogP contribution in [0.1, 0.15) is 13.0 Å². The highest BCUT2D eigenvalue weighted by Crippen LogP contribution is 2.19. The topological polar surface area (TPSA) is 59.8 Å². The lowest BCUT2D eigenvalue weighted by Crippen LogP contribution is -2.22. The van der Waals surface area contributed by atoms with Crippen LogP contribution in [0.15, 0.2) is 23.1 Å². The fourth-order valence-electron chi connectivity index (χ4n) is 1.89. The van der Waals surface area contributed by atoms with Gasteiger partial charge in [0.05, 0.1) is 11.6 Å². The Hall–Kier alpha value is -1.91. The number of anilines is 1. The second-order valence-corrected chi connectivity index (χ2v) is 3.71. The molecule has 0 fully saturated rings. The second-order valence-electron chi connectivity index (χ2n) is 3.71. The minimum atomic E-state index is -0.0619. The van der Waals surface area contributed by atoms with E-state index in [0.29, 0.717) is 17.0 Å². The van der Waals surface area contributed by atoms with Gasteiger partial charge in [0.25, 0.3) is 5.56 Å². The molecule has 2 aromatic rings. The largest absolute Gasteiger partial charge is 0.353 e. The smallest absolute Gasteiger partial charge is 0.281 e. The van der Waals surface area contributed by atoms with Gasteiger partial charge in [-0.25, -0.2) is 9.97 Å². The quantitative estimate of drug-likeness (QED) is 0.685. The maximum absolute atomic E-state index is 12.1. The standard InChI is InChI=1S/C10H10N4O/c1-6-5-12-10-13-7-3-2-4-11-8(7)9(15)14(6)10/h2-4,6H,5H2,1H3,(H,12,13). The average molecular weight is 202 g/mol. The summed E-state index contributed by atoms with van der Waals surface area (Å²) in [5.41, 5.74) is 1.03. The van der Waals surface area contributed by atoms with E-state index in [1.165, 1.54) is 0 Å². The molecule has 3 rings (SSSR count). The summed E-state index contributed by atoms with van der Waals surface area (Å²) in [5, 5.41) is 3.11. The summed E-state index contributed by atoms with van der Waals surface area (Å²) in [6.07, 6.45) is 1.62. The van der Waals surface area contributed by atoms with E-state index in [9.17, 15) is 4.79 Å². The van der Waals surface area contributed by atoms with Crippen LogP contribution >= 0.6 is 0 Å². The number of nitrogens with zero attached hydrogens (tertiary/aromatic N) is 3. The van der Waals surface area contributed by atoms with E-state index in [1.54, 1.807) is 22.9 Å². The minimum absolute atomic E-state index is 0.0619. The summed E-state index contributed by atoms with van der Waals surface area (Å²) in [6.45, 7) is 2.74. The highest BCUT2D eigenvalue weighted by atomic mass is 16.1. The van der Waals surface area contributed by atoms with Crippen molar-refractivity contribution in [2.75, 3.05) is 11.9 Å². The molecule has 0 spiro atoms. The van der Waals surface area contributed by atoms with Crippen molar-refractivity contribution in [3.63, 3.8) is 0 Å². The number of aromatic nitrogens is 3. The van der Waals surface area contributed by atoms with E-state index in [4.69, 9.17) is 0 Å². The molecule has 0 aromatic carbocycles. The van der Waals surface area contributed by atoms with Crippen LogP contribution in [-0.4, -0.2) is 21.1 Å². The van der Waals surface area contributed by atoms with Crippen molar-refractivity contribution in [3.05, 3.63) is 28.7 Å². The molecule has 5 heteroatoms. The van der Waals surface area contributed by atoms with Gasteiger partial charge in [-0.05, 0) is 19.1 Å². The van der Waals surface area contributed by atoms with Crippen LogP contribution in [0.4, 0.5) is 5.95 Å². The third-order valence-corrected chi connectivity index (χ3v) is 2.66. The molecule has 0 aliphatic carbocycles. The lowest BCUT2D eigenvalue weighted by Gasteiger charge is -2.06. The molecule has 0 saturated carbocycles. The van der Waals surface area contributed by atoms with Crippen molar-refractivity contribution < 1.29 is 0 Å². The Kier molecular flexibility index (Phi) is 1.56. The minimum Gasteiger partial charge on any atom is -0.353 e. The fraction of sp³-hybridized carbons (Fsp3) is 0.300. The molecule has 5 nitrogen and oxygen atoms in total. The van der Waals surface area contributed by atoms with E-state index >= 15 is 0 Å². The molecule has 0 amide bonds. The monoisotopic (exact) mass is 202 g/mol. The Morgan fingerprint density at radius 3 is 3.33 bits per heavy atom. The van der Waals surface area contributed by atoms with Gasteiger partial charge in [0.1, 0.15) is 0 Å². The Morgan fingerprint density at radius 2 is 2.47 bits per heavy atom. The molecule has 1 unspecified atom stereocenters. The number of hydrogen-bond acceptors (Lipinski definition) is 4. The predicted octanol–water partition coefficient (Wildman–Crippen LogP) is 0.778. The third kappa shape index (κ3) is 1.06. The van der Waals surface area contributed by atoms with E-state index in [-0.39, 0.29) is 11.6 Å². The molecule has 0 saturated heterocycles. The summed E-state index contributed by atoms with van der Waals surface area (Å²) >= 11 is 0. The van der Waals surface area contributed by atoms with Gasteiger partial charge in [-0.15, -0.1) is 0 Å². The van der Waals surface area contributed by atoms with Crippen LogP contribution in [0.3, 0.4) is 0 Å². The SMILES string of the molecule is CC1CNc2nc3cccnc3c(=O)n21. The molecule has 1 atom stereocenters. The van der Waals surface area contributed by atoms with Crippen molar-refractivity contribution in [2.45, 2.75) is 13.0 Å². The van der Waals surface area contributed by atoms with Gasteiger partial charge >= 0.3 is 0 Å². The van der Waals surface area contributed by atoms with Gasteiger partial charge < -0.3 is 5.32 Å². The Bertz CT molecular complexity index is 589. The predicted molar refractivity (Wildman–Crippen MR) is 57.0 cm³/mol. The average Bonchev–Trinajstić information content (AvgIpc) is 2.61. The summed E-state index contributed by atoms with van der Waals surface area (Å²) in [6, 6.07) is 3.73. The van der Waals surface area contributed by atoms with E-state index < -0.39 is 0 Å². The molecule has 3 heterocycles. The molecule has 0 radical (unpaired) electrons. The normalized spacial score (nSPS) is 18.9. The number of fused-ring (bicyclic) bond motifs is 2. The first-order chi connectivity index (χ1) is 7.27. The Balaban J connectivity index is 2.47. The molecular formula is C10H10N4O. The summed E-state index contributed by atoms with van der Waals surface area (Å²) in [4.78, 5) is 20.5. The number of pyridine rings is 1. The molecule has 2 aromatic heterocycles. The molecule has 0 bridgehead atoms. The van der Waals surface area contributed by atoms with Crippen molar-refractivity contribution >= 4 is 17.0 Å². The first kappa shape index (κ1) is 8.40. The Labute approximate surface area is 85.8 Å². The van der Waals surface area contributed by atoms with Gasteiger partial charge in [0.15, 0.2) is 5.52 Å². The van der Waals surface area contributed by atoms with Crippen LogP contribution < -0.4 is 10.9 Å². The summed E-state index contributed by atoms with van der Waals surface area (Å²) in [7, 11) is 0. The van der Waals surface area contributed by atoms with Gasteiger partial charge in [-0.3, -0.25) is 9.36 Å². The highest BCUT2D eigenvalue weighted by Gasteiger charge is 2.21. The fourth-order valence-corrected chi connectivity index (χ4v) is 1.89. The highest BCUT2D eigenvalue weighted by molar-refractivity contribution is 5.74. The molecule has 15 heavy (non-hydrogen) atoms. The van der Waals surface area contributed by atoms with Gasteiger partial charge in [-0.1, -0.05) is 0 Å². The number of rotatable bonds is 0. The molecule has 76 valence electrons. The van der Waals surface area contributed by atoms with Gasteiger partial charge in [0, 0.05) is 12.7 Å². The lowest BCUT2D eigenvalue weighted by molar-refractivity contribution is 0.609. The zero-order valence-electron chi connectivity index (χ0n) is 8.27. The molecule has 1 aliphatic rings. The van der Waals surface area contributed by atoms with Crippen molar-refractivity contribution in [1.29, 1.82) is 0 Å². The Morgan fingerprint density at radius 1 is 1.60 bits per heavy atom. The van der Waals surface area contributed by atoms with E-state index in [1.807, 2.05) is 6.92 Å². The maximum atomic E-state index is 12.1. The van der Waals surface area contributed by atoms with Crippen molar-refractivity contribution in [1.82, 2.24) is 14.5 Å². The number of nitrogens with one attached hydrogen (secondary N) is 1. The zero-order valence-corrected chi connectivity index (χ0v) is 8.27. The zero-order chi connectivity index (χ0) is 10.4. The molecular weight excluding hydrogens is 192 g/mol. The second kappa shape index (κ2) is 2.79.